The number of rotatable bonds is 4. The predicted octanol–water partition coefficient (Wildman–Crippen LogP) is 2.57. The molecule has 1 aliphatic rings. The summed E-state index contributed by atoms with van der Waals surface area (Å²) < 4.78 is 23.5. The van der Waals surface area contributed by atoms with Crippen molar-refractivity contribution in [3.8, 4) is 5.75 Å². The van der Waals surface area contributed by atoms with Crippen LogP contribution in [0.3, 0.4) is 0 Å². The summed E-state index contributed by atoms with van der Waals surface area (Å²) in [6.07, 6.45) is 0.769. The van der Waals surface area contributed by atoms with Gasteiger partial charge in [0.2, 0.25) is 5.89 Å². The van der Waals surface area contributed by atoms with Gasteiger partial charge in [0.05, 0.1) is 10.9 Å². The number of hydrogen-bond acceptors (Lipinski definition) is 5. The van der Waals surface area contributed by atoms with Crippen LogP contribution in [0.5, 0.6) is 5.75 Å². The van der Waals surface area contributed by atoms with Gasteiger partial charge in [0.15, 0.2) is 12.4 Å². The third-order valence-corrected chi connectivity index (χ3v) is 3.97. The maximum atomic E-state index is 13.0. The molecule has 1 aromatic carbocycles. The summed E-state index contributed by atoms with van der Waals surface area (Å²) in [5.74, 6) is 0.855. The van der Waals surface area contributed by atoms with Crippen molar-refractivity contribution in [3.05, 3.63) is 40.8 Å². The number of ether oxygens (including phenoxy) is 1. The van der Waals surface area contributed by atoms with Gasteiger partial charge in [-0.25, -0.2) is 4.39 Å². The third-order valence-electron chi connectivity index (χ3n) is 3.68. The molecule has 0 unspecified atom stereocenters. The molecule has 23 heavy (non-hydrogen) atoms. The normalized spacial score (nSPS) is 17.5. The molecule has 1 saturated heterocycles. The van der Waals surface area contributed by atoms with Gasteiger partial charge in [0.1, 0.15) is 11.6 Å². The fourth-order valence-electron chi connectivity index (χ4n) is 2.49. The van der Waals surface area contributed by atoms with E-state index in [0.29, 0.717) is 24.8 Å². The molecule has 0 saturated carbocycles. The van der Waals surface area contributed by atoms with Crippen LogP contribution in [-0.2, 0) is 4.79 Å². The summed E-state index contributed by atoms with van der Waals surface area (Å²) >= 11 is 5.86. The third kappa shape index (κ3) is 3.61. The molecule has 1 atom stereocenters. The van der Waals surface area contributed by atoms with Gasteiger partial charge >= 0.3 is 0 Å². The zero-order valence-electron chi connectivity index (χ0n) is 12.5. The van der Waals surface area contributed by atoms with Crippen molar-refractivity contribution in [2.45, 2.75) is 19.3 Å². The van der Waals surface area contributed by atoms with Crippen LogP contribution in [0, 0.1) is 12.7 Å². The van der Waals surface area contributed by atoms with Gasteiger partial charge < -0.3 is 14.2 Å². The Balaban J connectivity index is 1.55. The topological polar surface area (TPSA) is 68.5 Å². The van der Waals surface area contributed by atoms with Gasteiger partial charge in [-0.15, -0.1) is 0 Å². The second-order valence-electron chi connectivity index (χ2n) is 5.37. The molecule has 1 amide bonds. The van der Waals surface area contributed by atoms with E-state index >= 15 is 0 Å². The predicted molar refractivity (Wildman–Crippen MR) is 79.9 cm³/mol. The Kier molecular flexibility index (Phi) is 4.47. The average Bonchev–Trinajstić information content (AvgIpc) is 3.14. The first-order valence-corrected chi connectivity index (χ1v) is 7.56. The van der Waals surface area contributed by atoms with Crippen LogP contribution < -0.4 is 4.74 Å². The van der Waals surface area contributed by atoms with E-state index in [1.807, 2.05) is 0 Å². The van der Waals surface area contributed by atoms with Crippen molar-refractivity contribution in [2.75, 3.05) is 19.7 Å². The second kappa shape index (κ2) is 6.54. The van der Waals surface area contributed by atoms with E-state index in [4.69, 9.17) is 20.9 Å². The lowest BCUT2D eigenvalue weighted by molar-refractivity contribution is -0.132. The molecule has 0 aliphatic carbocycles. The number of likely N-dealkylation sites (tertiary alicyclic amines) is 1. The molecule has 3 rings (SSSR count). The number of aromatic nitrogens is 2. The molecule has 0 spiro atoms. The summed E-state index contributed by atoms with van der Waals surface area (Å²) in [4.78, 5) is 18.1. The molecule has 1 fully saturated rings. The summed E-state index contributed by atoms with van der Waals surface area (Å²) in [5, 5.41) is 3.90. The van der Waals surface area contributed by atoms with Gasteiger partial charge in [-0.2, -0.15) is 4.98 Å². The highest BCUT2D eigenvalue weighted by Gasteiger charge is 2.31. The van der Waals surface area contributed by atoms with Gasteiger partial charge in [-0.05, 0) is 31.5 Å². The van der Waals surface area contributed by atoms with Crippen LogP contribution in [0.4, 0.5) is 4.39 Å². The van der Waals surface area contributed by atoms with E-state index < -0.39 is 5.82 Å². The average molecular weight is 340 g/mol. The van der Waals surface area contributed by atoms with Crippen LogP contribution in [0.1, 0.15) is 24.1 Å². The fourth-order valence-corrected chi connectivity index (χ4v) is 2.71. The number of carbonyl (C=O) groups is 1. The minimum atomic E-state index is -0.453. The standard InChI is InChI=1S/C15H15ClFN3O3/c1-9-18-15(23-19-9)10-4-5-20(7-10)14(21)8-22-13-3-2-11(17)6-12(13)16/h2-3,6,10H,4-5,7-8H2,1H3/t10-/m0/s1. The van der Waals surface area contributed by atoms with E-state index in [-0.39, 0.29) is 29.2 Å². The Morgan fingerprint density at radius 3 is 3.09 bits per heavy atom. The molecule has 0 N–H and O–H groups in total. The number of benzene rings is 1. The molecule has 8 heteroatoms. The van der Waals surface area contributed by atoms with Gasteiger partial charge in [-0.1, -0.05) is 16.8 Å². The quantitative estimate of drug-likeness (QED) is 0.856. The van der Waals surface area contributed by atoms with Crippen molar-refractivity contribution in [1.29, 1.82) is 0 Å². The molecule has 6 nitrogen and oxygen atoms in total. The molecule has 1 aliphatic heterocycles. The Morgan fingerprint density at radius 2 is 2.39 bits per heavy atom. The van der Waals surface area contributed by atoms with E-state index in [2.05, 4.69) is 10.1 Å². The van der Waals surface area contributed by atoms with Crippen LogP contribution in [0.2, 0.25) is 5.02 Å². The van der Waals surface area contributed by atoms with Crippen LogP contribution in [0.25, 0.3) is 0 Å². The fraction of sp³-hybridized carbons (Fsp3) is 0.400. The van der Waals surface area contributed by atoms with Crippen molar-refractivity contribution < 1.29 is 18.4 Å². The van der Waals surface area contributed by atoms with Crippen molar-refractivity contribution in [2.24, 2.45) is 0 Å². The Bertz CT molecular complexity index is 722. The SMILES string of the molecule is Cc1noc([C@H]2CCN(C(=O)COc3ccc(F)cc3Cl)C2)n1. The van der Waals surface area contributed by atoms with Crippen LogP contribution in [-0.4, -0.2) is 40.6 Å². The summed E-state index contributed by atoms with van der Waals surface area (Å²) in [6.45, 7) is 2.72. The minimum absolute atomic E-state index is 0.0505. The van der Waals surface area contributed by atoms with Crippen LogP contribution in [0.15, 0.2) is 22.7 Å². The number of carbonyl (C=O) groups excluding carboxylic acids is 1. The van der Waals surface area contributed by atoms with Crippen molar-refractivity contribution >= 4 is 17.5 Å². The molecule has 0 radical (unpaired) electrons. The number of aryl methyl sites for hydroxylation is 1. The lowest BCUT2D eigenvalue weighted by atomic mass is 10.1. The maximum Gasteiger partial charge on any atom is 0.260 e. The highest BCUT2D eigenvalue weighted by Crippen LogP contribution is 2.27. The zero-order chi connectivity index (χ0) is 16.4. The van der Waals surface area contributed by atoms with Gasteiger partial charge in [0.25, 0.3) is 5.91 Å². The van der Waals surface area contributed by atoms with E-state index in [1.54, 1.807) is 11.8 Å². The molecular formula is C15H15ClFN3O3. The van der Waals surface area contributed by atoms with Crippen molar-refractivity contribution in [1.82, 2.24) is 15.0 Å². The lowest BCUT2D eigenvalue weighted by Gasteiger charge is -2.16. The lowest BCUT2D eigenvalue weighted by Crippen LogP contribution is -2.32. The number of hydrogen-bond donors (Lipinski definition) is 0. The first kappa shape index (κ1) is 15.7. The number of nitrogens with zero attached hydrogens (tertiary/aromatic N) is 3. The smallest absolute Gasteiger partial charge is 0.260 e. The first-order valence-electron chi connectivity index (χ1n) is 7.19. The summed E-state index contributed by atoms with van der Waals surface area (Å²) in [6, 6.07) is 3.78. The highest BCUT2D eigenvalue weighted by atomic mass is 35.5. The Morgan fingerprint density at radius 1 is 1.57 bits per heavy atom. The molecular weight excluding hydrogens is 325 g/mol. The van der Waals surface area contributed by atoms with Gasteiger partial charge in [-0.3, -0.25) is 4.79 Å². The van der Waals surface area contributed by atoms with E-state index in [0.717, 1.165) is 12.5 Å². The Hall–Kier alpha value is -2.15. The maximum absolute atomic E-state index is 13.0. The van der Waals surface area contributed by atoms with E-state index in [1.165, 1.54) is 12.1 Å². The largest absolute Gasteiger partial charge is 0.482 e. The molecule has 2 heterocycles. The van der Waals surface area contributed by atoms with E-state index in [9.17, 15) is 9.18 Å². The number of halogens is 2. The van der Waals surface area contributed by atoms with Crippen molar-refractivity contribution in [3.63, 3.8) is 0 Å². The number of amides is 1. The highest BCUT2D eigenvalue weighted by molar-refractivity contribution is 6.32. The minimum Gasteiger partial charge on any atom is -0.482 e. The zero-order valence-corrected chi connectivity index (χ0v) is 13.2. The second-order valence-corrected chi connectivity index (χ2v) is 5.78. The molecule has 0 bridgehead atoms. The summed E-state index contributed by atoms with van der Waals surface area (Å²) in [5.41, 5.74) is 0. The first-order chi connectivity index (χ1) is 11.0. The molecule has 1 aromatic heterocycles. The van der Waals surface area contributed by atoms with Gasteiger partial charge in [0, 0.05) is 13.1 Å². The molecule has 122 valence electrons. The summed E-state index contributed by atoms with van der Waals surface area (Å²) in [7, 11) is 0. The monoisotopic (exact) mass is 339 g/mol. The Labute approximate surface area is 137 Å². The van der Waals surface area contributed by atoms with Crippen LogP contribution >= 0.6 is 11.6 Å². The molecule has 2 aromatic rings.